The Hall–Kier alpha value is -1.54. The van der Waals surface area contributed by atoms with E-state index in [4.69, 9.17) is 21.4 Å². The summed E-state index contributed by atoms with van der Waals surface area (Å²) in [6.45, 7) is 2.19. The number of nitrogens with zero attached hydrogens (tertiary/aromatic N) is 1. The highest BCUT2D eigenvalue weighted by Gasteiger charge is 2.31. The highest BCUT2D eigenvalue weighted by Crippen LogP contribution is 2.07. The van der Waals surface area contributed by atoms with Gasteiger partial charge < -0.3 is 25.4 Å². The summed E-state index contributed by atoms with van der Waals surface area (Å²) in [5, 5.41) is 13.2. The molecule has 1 rings (SSSR count). The molecule has 19 heavy (non-hydrogen) atoms. The summed E-state index contributed by atoms with van der Waals surface area (Å²) in [4.78, 5) is 35.2. The second-order valence-corrected chi connectivity index (χ2v) is 4.26. The fourth-order valence-corrected chi connectivity index (χ4v) is 1.78. The van der Waals surface area contributed by atoms with Crippen LogP contribution < -0.4 is 10.6 Å². The second-order valence-electron chi connectivity index (χ2n) is 3.99. The SMILES string of the molecule is CC(NC(=O)O)C(=O)N1CCOCC1NC(=O)CCl. The minimum Gasteiger partial charge on any atom is -0.465 e. The minimum atomic E-state index is -1.28. The van der Waals surface area contributed by atoms with Crippen LogP contribution in [-0.4, -0.2) is 65.8 Å². The van der Waals surface area contributed by atoms with E-state index >= 15 is 0 Å². The molecule has 0 aromatic heterocycles. The molecule has 9 heteroatoms. The Bertz CT molecular complexity index is 365. The number of carboxylic acid groups (broad SMARTS) is 1. The summed E-state index contributed by atoms with van der Waals surface area (Å²) >= 11 is 5.38. The van der Waals surface area contributed by atoms with Crippen LogP contribution in [0.3, 0.4) is 0 Å². The zero-order valence-corrected chi connectivity index (χ0v) is 11.1. The molecule has 0 aromatic carbocycles. The Morgan fingerprint density at radius 2 is 2.21 bits per heavy atom. The zero-order valence-electron chi connectivity index (χ0n) is 10.4. The van der Waals surface area contributed by atoms with Crippen LogP contribution in [0.15, 0.2) is 0 Å². The van der Waals surface area contributed by atoms with Crippen LogP contribution in [0.4, 0.5) is 4.79 Å². The van der Waals surface area contributed by atoms with Crippen molar-refractivity contribution in [1.82, 2.24) is 15.5 Å². The van der Waals surface area contributed by atoms with E-state index in [-0.39, 0.29) is 19.0 Å². The quantitative estimate of drug-likeness (QED) is 0.587. The first-order valence-corrected chi connectivity index (χ1v) is 6.22. The van der Waals surface area contributed by atoms with Crippen molar-refractivity contribution < 1.29 is 24.2 Å². The predicted octanol–water partition coefficient (Wildman–Crippen LogP) is -0.818. The summed E-state index contributed by atoms with van der Waals surface area (Å²) in [5.74, 6) is -1.07. The number of morpholine rings is 1. The molecule has 0 aliphatic carbocycles. The van der Waals surface area contributed by atoms with Crippen molar-refractivity contribution in [2.75, 3.05) is 25.6 Å². The standard InChI is InChI=1S/C10H16ClN3O5/c1-6(12-10(17)18)9(16)14-2-3-19-5-7(14)13-8(15)4-11/h6-7,12H,2-5H2,1H3,(H,13,15)(H,17,18). The minimum absolute atomic E-state index is 0.147. The Kier molecular flexibility index (Phi) is 5.84. The summed E-state index contributed by atoms with van der Waals surface area (Å²) in [7, 11) is 0. The van der Waals surface area contributed by atoms with Crippen LogP contribution in [0, 0.1) is 0 Å². The van der Waals surface area contributed by atoms with Gasteiger partial charge >= 0.3 is 6.09 Å². The molecule has 0 saturated carbocycles. The first-order valence-electron chi connectivity index (χ1n) is 5.68. The molecule has 1 saturated heterocycles. The van der Waals surface area contributed by atoms with Gasteiger partial charge in [0.2, 0.25) is 11.8 Å². The number of halogens is 1. The lowest BCUT2D eigenvalue weighted by atomic mass is 10.2. The first-order chi connectivity index (χ1) is 8.95. The maximum absolute atomic E-state index is 12.1. The molecule has 8 nitrogen and oxygen atoms in total. The van der Waals surface area contributed by atoms with E-state index in [1.54, 1.807) is 0 Å². The van der Waals surface area contributed by atoms with E-state index in [0.717, 1.165) is 0 Å². The number of amides is 3. The fourth-order valence-electron chi connectivity index (χ4n) is 1.71. The van der Waals surface area contributed by atoms with Gasteiger partial charge in [0.05, 0.1) is 13.2 Å². The lowest BCUT2D eigenvalue weighted by molar-refractivity contribution is -0.144. The number of nitrogens with one attached hydrogen (secondary N) is 2. The van der Waals surface area contributed by atoms with Crippen molar-refractivity contribution in [3.8, 4) is 0 Å². The van der Waals surface area contributed by atoms with Crippen LogP contribution in [0.2, 0.25) is 0 Å². The van der Waals surface area contributed by atoms with Gasteiger partial charge in [-0.05, 0) is 6.92 Å². The van der Waals surface area contributed by atoms with E-state index in [1.165, 1.54) is 11.8 Å². The van der Waals surface area contributed by atoms with E-state index in [1.807, 2.05) is 0 Å². The Morgan fingerprint density at radius 3 is 2.79 bits per heavy atom. The van der Waals surface area contributed by atoms with Crippen LogP contribution in [0.5, 0.6) is 0 Å². The second kappa shape index (κ2) is 7.15. The lowest BCUT2D eigenvalue weighted by Gasteiger charge is -2.37. The number of rotatable bonds is 4. The van der Waals surface area contributed by atoms with Gasteiger partial charge in [-0.1, -0.05) is 0 Å². The monoisotopic (exact) mass is 293 g/mol. The Balaban J connectivity index is 2.67. The number of alkyl halides is 1. The van der Waals surface area contributed by atoms with E-state index in [0.29, 0.717) is 6.61 Å². The highest BCUT2D eigenvalue weighted by atomic mass is 35.5. The van der Waals surface area contributed by atoms with Crippen molar-refractivity contribution >= 4 is 29.5 Å². The van der Waals surface area contributed by atoms with Gasteiger partial charge in [-0.25, -0.2) is 4.79 Å². The third-order valence-corrected chi connectivity index (χ3v) is 2.81. The number of ether oxygens (including phenoxy) is 1. The predicted molar refractivity (Wildman–Crippen MR) is 65.8 cm³/mol. The van der Waals surface area contributed by atoms with Gasteiger partial charge in [-0.15, -0.1) is 11.6 Å². The van der Waals surface area contributed by atoms with Crippen molar-refractivity contribution in [3.63, 3.8) is 0 Å². The van der Waals surface area contributed by atoms with Crippen molar-refractivity contribution in [1.29, 1.82) is 0 Å². The average Bonchev–Trinajstić information content (AvgIpc) is 2.37. The number of carbonyl (C=O) groups is 3. The highest BCUT2D eigenvalue weighted by molar-refractivity contribution is 6.27. The smallest absolute Gasteiger partial charge is 0.405 e. The van der Waals surface area contributed by atoms with Gasteiger partial charge in [-0.2, -0.15) is 0 Å². The molecule has 3 N–H and O–H groups in total. The van der Waals surface area contributed by atoms with Gasteiger partial charge in [0.1, 0.15) is 18.1 Å². The third-order valence-electron chi connectivity index (χ3n) is 2.57. The summed E-state index contributed by atoms with van der Waals surface area (Å²) in [5.41, 5.74) is 0. The molecule has 1 aliphatic heterocycles. The van der Waals surface area contributed by atoms with E-state index in [2.05, 4.69) is 10.6 Å². The van der Waals surface area contributed by atoms with Crippen LogP contribution in [0.25, 0.3) is 0 Å². The fraction of sp³-hybridized carbons (Fsp3) is 0.700. The normalized spacial score (nSPS) is 20.5. The zero-order chi connectivity index (χ0) is 14.4. The lowest BCUT2D eigenvalue weighted by Crippen LogP contribution is -2.60. The van der Waals surface area contributed by atoms with Gasteiger partial charge in [0.25, 0.3) is 0 Å². The van der Waals surface area contributed by atoms with Crippen LogP contribution >= 0.6 is 11.6 Å². The van der Waals surface area contributed by atoms with E-state index < -0.39 is 30.1 Å². The van der Waals surface area contributed by atoms with Crippen molar-refractivity contribution in [3.05, 3.63) is 0 Å². The summed E-state index contributed by atoms with van der Waals surface area (Å²) in [6.07, 6.45) is -1.92. The maximum Gasteiger partial charge on any atom is 0.405 e. The molecule has 108 valence electrons. The number of hydrogen-bond donors (Lipinski definition) is 3. The molecule has 1 aliphatic rings. The molecule has 2 atom stereocenters. The summed E-state index contributed by atoms with van der Waals surface area (Å²) < 4.78 is 5.18. The molecule has 1 heterocycles. The molecular formula is C10H16ClN3O5. The molecule has 0 radical (unpaired) electrons. The molecular weight excluding hydrogens is 278 g/mol. The van der Waals surface area contributed by atoms with Crippen LogP contribution in [0.1, 0.15) is 6.92 Å². The Labute approximate surface area is 115 Å². The molecule has 3 amide bonds. The van der Waals surface area contributed by atoms with Gasteiger partial charge in [-0.3, -0.25) is 9.59 Å². The third kappa shape index (κ3) is 4.56. The summed E-state index contributed by atoms with van der Waals surface area (Å²) in [6, 6.07) is -0.897. The molecule has 0 bridgehead atoms. The van der Waals surface area contributed by atoms with Gasteiger partial charge in [0, 0.05) is 6.54 Å². The Morgan fingerprint density at radius 1 is 1.53 bits per heavy atom. The largest absolute Gasteiger partial charge is 0.465 e. The topological polar surface area (TPSA) is 108 Å². The average molecular weight is 294 g/mol. The number of carbonyl (C=O) groups excluding carboxylic acids is 2. The number of hydrogen-bond acceptors (Lipinski definition) is 4. The first kappa shape index (κ1) is 15.5. The van der Waals surface area contributed by atoms with Crippen molar-refractivity contribution in [2.45, 2.75) is 19.1 Å². The molecule has 0 spiro atoms. The molecule has 0 aromatic rings. The molecule has 2 unspecified atom stereocenters. The maximum atomic E-state index is 12.1. The van der Waals surface area contributed by atoms with E-state index in [9.17, 15) is 14.4 Å². The molecule has 1 fully saturated rings. The van der Waals surface area contributed by atoms with Gasteiger partial charge in [0.15, 0.2) is 0 Å². The van der Waals surface area contributed by atoms with Crippen molar-refractivity contribution in [2.24, 2.45) is 0 Å². The van der Waals surface area contributed by atoms with Crippen LogP contribution in [-0.2, 0) is 14.3 Å².